The molecule has 0 bridgehead atoms. The van der Waals surface area contributed by atoms with Crippen LogP contribution in [0.3, 0.4) is 0 Å². The second kappa shape index (κ2) is 6.91. The van der Waals surface area contributed by atoms with Gasteiger partial charge in [-0.15, -0.1) is 0 Å². The summed E-state index contributed by atoms with van der Waals surface area (Å²) < 4.78 is 26.8. The minimum atomic E-state index is -1.16. The lowest BCUT2D eigenvalue weighted by atomic mass is 10.2. The van der Waals surface area contributed by atoms with Crippen molar-refractivity contribution >= 4 is 23.0 Å². The van der Waals surface area contributed by atoms with Gasteiger partial charge in [0, 0.05) is 17.1 Å². The summed E-state index contributed by atoms with van der Waals surface area (Å²) in [6.45, 7) is 0. The van der Waals surface area contributed by atoms with Crippen molar-refractivity contribution in [2.24, 2.45) is 0 Å². The monoisotopic (exact) mass is 324 g/mol. The van der Waals surface area contributed by atoms with Gasteiger partial charge in [-0.2, -0.15) is 0 Å². The van der Waals surface area contributed by atoms with E-state index >= 15 is 0 Å². The molecule has 0 aromatic heterocycles. The summed E-state index contributed by atoms with van der Waals surface area (Å²) in [5.74, 6) is -2.90. The molecule has 0 saturated heterocycles. The Bertz CT molecular complexity index is 849. The van der Waals surface area contributed by atoms with Gasteiger partial charge in [0.1, 0.15) is 0 Å². The highest BCUT2D eigenvalue weighted by atomic mass is 19.2. The zero-order valence-corrected chi connectivity index (χ0v) is 12.6. The molecule has 0 fully saturated rings. The summed E-state index contributed by atoms with van der Waals surface area (Å²) in [5.41, 5.74) is 1.94. The summed E-state index contributed by atoms with van der Waals surface area (Å²) in [5, 5.41) is 5.75. The van der Waals surface area contributed by atoms with Crippen LogP contribution in [-0.4, -0.2) is 5.91 Å². The fraction of sp³-hybridized carbons (Fsp3) is 0. The Kier molecular flexibility index (Phi) is 4.52. The molecule has 0 aliphatic heterocycles. The van der Waals surface area contributed by atoms with Crippen LogP contribution in [-0.2, 0) is 0 Å². The maximum Gasteiger partial charge on any atom is 0.258 e. The van der Waals surface area contributed by atoms with Crippen LogP contribution in [0.1, 0.15) is 10.4 Å². The molecule has 0 atom stereocenters. The van der Waals surface area contributed by atoms with Gasteiger partial charge in [0.15, 0.2) is 11.6 Å². The van der Waals surface area contributed by atoms with Crippen LogP contribution >= 0.6 is 0 Å². The number of nitrogens with one attached hydrogen (secondary N) is 2. The Morgan fingerprint density at radius 3 is 2.04 bits per heavy atom. The van der Waals surface area contributed by atoms with Crippen molar-refractivity contribution in [1.82, 2.24) is 0 Å². The Hall–Kier alpha value is -3.21. The molecule has 3 aromatic rings. The van der Waals surface area contributed by atoms with E-state index in [2.05, 4.69) is 10.6 Å². The predicted molar refractivity (Wildman–Crippen MR) is 90.5 cm³/mol. The maximum atomic E-state index is 13.6. The molecule has 3 nitrogen and oxygen atoms in total. The zero-order chi connectivity index (χ0) is 16.9. The van der Waals surface area contributed by atoms with E-state index in [0.717, 1.165) is 17.4 Å². The highest BCUT2D eigenvalue weighted by Gasteiger charge is 2.15. The van der Waals surface area contributed by atoms with Crippen molar-refractivity contribution in [3.05, 3.63) is 90.0 Å². The average molecular weight is 324 g/mol. The largest absolute Gasteiger partial charge is 0.356 e. The molecule has 1 amide bonds. The van der Waals surface area contributed by atoms with Gasteiger partial charge in [0.05, 0.1) is 5.56 Å². The number of para-hydroxylation sites is 1. The SMILES string of the molecule is O=C(Nc1ccc(Nc2ccccc2)cc1)c1cccc(F)c1F. The lowest BCUT2D eigenvalue weighted by molar-refractivity contribution is 0.102. The lowest BCUT2D eigenvalue weighted by Gasteiger charge is -2.09. The number of carbonyl (C=O) groups excluding carboxylic acids is 1. The summed E-state index contributed by atoms with van der Waals surface area (Å²) in [6, 6.07) is 20.1. The molecule has 0 radical (unpaired) electrons. The van der Waals surface area contributed by atoms with Gasteiger partial charge in [-0.1, -0.05) is 24.3 Å². The minimum Gasteiger partial charge on any atom is -0.356 e. The predicted octanol–water partition coefficient (Wildman–Crippen LogP) is 4.96. The van der Waals surface area contributed by atoms with Crippen molar-refractivity contribution in [2.45, 2.75) is 0 Å². The molecule has 120 valence electrons. The van der Waals surface area contributed by atoms with Crippen molar-refractivity contribution in [1.29, 1.82) is 0 Å². The number of halogens is 2. The van der Waals surface area contributed by atoms with E-state index in [9.17, 15) is 13.6 Å². The van der Waals surface area contributed by atoms with Crippen molar-refractivity contribution in [3.8, 4) is 0 Å². The molecule has 0 unspecified atom stereocenters. The molecule has 3 aromatic carbocycles. The van der Waals surface area contributed by atoms with Gasteiger partial charge in [-0.3, -0.25) is 4.79 Å². The fourth-order valence-electron chi connectivity index (χ4n) is 2.20. The standard InChI is InChI=1S/C19H14F2N2O/c20-17-8-4-7-16(18(17)21)19(24)23-15-11-9-14(10-12-15)22-13-5-2-1-3-6-13/h1-12,22H,(H,23,24). The third-order valence-electron chi connectivity index (χ3n) is 3.40. The van der Waals surface area contributed by atoms with Crippen LogP contribution in [0.4, 0.5) is 25.8 Å². The second-order valence-corrected chi connectivity index (χ2v) is 5.12. The summed E-state index contributed by atoms with van der Waals surface area (Å²) in [7, 11) is 0. The smallest absolute Gasteiger partial charge is 0.258 e. The van der Waals surface area contributed by atoms with E-state index in [-0.39, 0.29) is 5.56 Å². The number of carbonyl (C=O) groups is 1. The Balaban J connectivity index is 1.70. The number of rotatable bonds is 4. The first kappa shape index (κ1) is 15.7. The summed E-state index contributed by atoms with van der Waals surface area (Å²) in [4.78, 5) is 12.0. The van der Waals surface area contributed by atoms with Gasteiger partial charge in [0.25, 0.3) is 5.91 Å². The van der Waals surface area contributed by atoms with E-state index in [1.54, 1.807) is 24.3 Å². The van der Waals surface area contributed by atoms with Gasteiger partial charge >= 0.3 is 0 Å². The van der Waals surface area contributed by atoms with Crippen LogP contribution in [0.15, 0.2) is 72.8 Å². The summed E-state index contributed by atoms with van der Waals surface area (Å²) in [6.07, 6.45) is 0. The van der Waals surface area contributed by atoms with E-state index < -0.39 is 17.5 Å². The van der Waals surface area contributed by atoms with E-state index in [4.69, 9.17) is 0 Å². The number of hydrogen-bond acceptors (Lipinski definition) is 2. The molecular formula is C19H14F2N2O. The lowest BCUT2D eigenvalue weighted by Crippen LogP contribution is -2.14. The highest BCUT2D eigenvalue weighted by Crippen LogP contribution is 2.20. The maximum absolute atomic E-state index is 13.6. The van der Waals surface area contributed by atoms with Crippen LogP contribution < -0.4 is 10.6 Å². The summed E-state index contributed by atoms with van der Waals surface area (Å²) >= 11 is 0. The first-order valence-corrected chi connectivity index (χ1v) is 7.31. The third-order valence-corrected chi connectivity index (χ3v) is 3.40. The van der Waals surface area contributed by atoms with E-state index in [1.807, 2.05) is 30.3 Å². The highest BCUT2D eigenvalue weighted by molar-refractivity contribution is 6.04. The Morgan fingerprint density at radius 2 is 1.33 bits per heavy atom. The number of amides is 1. The van der Waals surface area contributed by atoms with Crippen molar-refractivity contribution in [3.63, 3.8) is 0 Å². The molecule has 0 aliphatic carbocycles. The third kappa shape index (κ3) is 3.57. The first-order valence-electron chi connectivity index (χ1n) is 7.31. The first-order chi connectivity index (χ1) is 11.6. The molecular weight excluding hydrogens is 310 g/mol. The molecule has 3 rings (SSSR count). The Labute approximate surface area is 138 Å². The zero-order valence-electron chi connectivity index (χ0n) is 12.6. The van der Waals surface area contributed by atoms with Gasteiger partial charge in [0.2, 0.25) is 0 Å². The molecule has 2 N–H and O–H groups in total. The number of hydrogen-bond donors (Lipinski definition) is 2. The minimum absolute atomic E-state index is 0.332. The molecule has 24 heavy (non-hydrogen) atoms. The molecule has 5 heteroatoms. The average Bonchev–Trinajstić information content (AvgIpc) is 2.60. The van der Waals surface area contributed by atoms with Gasteiger partial charge in [-0.25, -0.2) is 8.78 Å². The van der Waals surface area contributed by atoms with Crippen LogP contribution in [0.5, 0.6) is 0 Å². The normalized spacial score (nSPS) is 10.2. The van der Waals surface area contributed by atoms with Crippen LogP contribution in [0.25, 0.3) is 0 Å². The van der Waals surface area contributed by atoms with E-state index in [1.165, 1.54) is 12.1 Å². The molecule has 0 saturated carbocycles. The quantitative estimate of drug-likeness (QED) is 0.712. The Morgan fingerprint density at radius 1 is 0.708 bits per heavy atom. The topological polar surface area (TPSA) is 41.1 Å². The number of anilines is 3. The van der Waals surface area contributed by atoms with Crippen molar-refractivity contribution < 1.29 is 13.6 Å². The van der Waals surface area contributed by atoms with E-state index in [0.29, 0.717) is 5.69 Å². The second-order valence-electron chi connectivity index (χ2n) is 5.12. The number of benzene rings is 3. The van der Waals surface area contributed by atoms with Crippen molar-refractivity contribution in [2.75, 3.05) is 10.6 Å². The van der Waals surface area contributed by atoms with Crippen LogP contribution in [0.2, 0.25) is 0 Å². The van der Waals surface area contributed by atoms with Gasteiger partial charge < -0.3 is 10.6 Å². The van der Waals surface area contributed by atoms with Gasteiger partial charge in [-0.05, 0) is 48.5 Å². The molecule has 0 heterocycles. The molecule has 0 aliphatic rings. The fourth-order valence-corrected chi connectivity index (χ4v) is 2.20. The van der Waals surface area contributed by atoms with Crippen LogP contribution in [0, 0.1) is 11.6 Å². The molecule has 0 spiro atoms.